The summed E-state index contributed by atoms with van der Waals surface area (Å²) in [5.41, 5.74) is 1.87. The van der Waals surface area contributed by atoms with Crippen molar-refractivity contribution < 1.29 is 9.47 Å². The molecule has 0 saturated heterocycles. The second-order valence-electron chi connectivity index (χ2n) is 4.20. The second-order valence-corrected chi connectivity index (χ2v) is 4.20. The summed E-state index contributed by atoms with van der Waals surface area (Å²) in [7, 11) is 1.65. The normalized spacial score (nSPS) is 12.9. The van der Waals surface area contributed by atoms with Gasteiger partial charge >= 0.3 is 0 Å². The van der Waals surface area contributed by atoms with Crippen molar-refractivity contribution in [3.8, 4) is 11.5 Å². The van der Waals surface area contributed by atoms with Crippen molar-refractivity contribution >= 4 is 17.2 Å². The van der Waals surface area contributed by atoms with E-state index in [2.05, 4.69) is 15.6 Å². The largest absolute Gasteiger partial charge is 0.497 e. The molecule has 0 unspecified atom stereocenters. The lowest BCUT2D eigenvalue weighted by atomic mass is 10.3. The second kappa shape index (κ2) is 5.06. The molecule has 2 N–H and O–H groups in total. The van der Waals surface area contributed by atoms with Crippen LogP contribution in [0.1, 0.15) is 0 Å². The van der Waals surface area contributed by atoms with E-state index >= 15 is 0 Å². The van der Waals surface area contributed by atoms with Crippen molar-refractivity contribution in [1.82, 2.24) is 4.98 Å². The van der Waals surface area contributed by atoms with E-state index in [-0.39, 0.29) is 0 Å². The quantitative estimate of drug-likeness (QED) is 0.885. The molecule has 0 spiro atoms. The van der Waals surface area contributed by atoms with E-state index in [4.69, 9.17) is 9.47 Å². The van der Waals surface area contributed by atoms with Crippen molar-refractivity contribution in [3.05, 3.63) is 36.5 Å². The number of fused-ring (bicyclic) bond motifs is 1. The van der Waals surface area contributed by atoms with Gasteiger partial charge in [-0.25, -0.2) is 4.98 Å². The lowest BCUT2D eigenvalue weighted by molar-refractivity contribution is 0.321. The van der Waals surface area contributed by atoms with Gasteiger partial charge in [-0.15, -0.1) is 0 Å². The van der Waals surface area contributed by atoms with Crippen LogP contribution in [0.15, 0.2) is 36.5 Å². The van der Waals surface area contributed by atoms with Gasteiger partial charge in [0.2, 0.25) is 0 Å². The number of pyridine rings is 1. The monoisotopic (exact) mass is 257 g/mol. The van der Waals surface area contributed by atoms with Crippen LogP contribution in [0.5, 0.6) is 11.5 Å². The van der Waals surface area contributed by atoms with Crippen LogP contribution in [-0.2, 0) is 0 Å². The Labute approximate surface area is 111 Å². The molecule has 2 heterocycles. The van der Waals surface area contributed by atoms with Crippen LogP contribution in [0.2, 0.25) is 0 Å². The first-order valence-corrected chi connectivity index (χ1v) is 6.13. The molecule has 98 valence electrons. The van der Waals surface area contributed by atoms with Crippen LogP contribution in [0.25, 0.3) is 0 Å². The van der Waals surface area contributed by atoms with Gasteiger partial charge in [-0.2, -0.15) is 0 Å². The van der Waals surface area contributed by atoms with Crippen LogP contribution in [-0.4, -0.2) is 25.2 Å². The third-order valence-electron chi connectivity index (χ3n) is 2.88. The summed E-state index contributed by atoms with van der Waals surface area (Å²) in [5.74, 6) is 2.41. The molecule has 0 amide bonds. The van der Waals surface area contributed by atoms with Gasteiger partial charge in [0.25, 0.3) is 0 Å². The molecular formula is C14H15N3O2. The van der Waals surface area contributed by atoms with Crippen molar-refractivity contribution in [1.29, 1.82) is 0 Å². The lowest BCUT2D eigenvalue weighted by Gasteiger charge is -2.18. The first-order valence-electron chi connectivity index (χ1n) is 6.13. The number of ether oxygens (including phenoxy) is 2. The third-order valence-corrected chi connectivity index (χ3v) is 2.88. The molecule has 5 nitrogen and oxygen atoms in total. The summed E-state index contributed by atoms with van der Waals surface area (Å²) in [6.45, 7) is 1.46. The molecular weight excluding hydrogens is 242 g/mol. The molecule has 1 aromatic heterocycles. The Hall–Kier alpha value is -2.43. The number of aromatic nitrogens is 1. The minimum atomic E-state index is 0.667. The van der Waals surface area contributed by atoms with E-state index in [1.807, 2.05) is 30.3 Å². The van der Waals surface area contributed by atoms with Gasteiger partial charge in [0, 0.05) is 11.8 Å². The van der Waals surface area contributed by atoms with E-state index in [0.717, 1.165) is 35.2 Å². The molecule has 0 saturated carbocycles. The first-order chi connectivity index (χ1) is 9.35. The van der Waals surface area contributed by atoms with Gasteiger partial charge in [0.1, 0.15) is 12.4 Å². The standard InChI is InChI=1S/C14H15N3O2/c1-18-12-4-2-10(3-5-12)17-11-8-13-14(16-9-11)15-6-7-19-13/h2-5,8-9,17H,6-7H2,1H3,(H,15,16). The highest BCUT2D eigenvalue weighted by Crippen LogP contribution is 2.29. The Morgan fingerprint density at radius 2 is 2.11 bits per heavy atom. The fraction of sp³-hybridized carbons (Fsp3) is 0.214. The highest BCUT2D eigenvalue weighted by atomic mass is 16.5. The minimum Gasteiger partial charge on any atom is -0.497 e. The highest BCUT2D eigenvalue weighted by molar-refractivity contribution is 5.65. The summed E-state index contributed by atoms with van der Waals surface area (Å²) < 4.78 is 10.7. The summed E-state index contributed by atoms with van der Waals surface area (Å²) in [6, 6.07) is 9.67. The number of benzene rings is 1. The predicted molar refractivity (Wildman–Crippen MR) is 74.5 cm³/mol. The molecule has 19 heavy (non-hydrogen) atoms. The van der Waals surface area contributed by atoms with Crippen LogP contribution >= 0.6 is 0 Å². The van der Waals surface area contributed by atoms with Crippen molar-refractivity contribution in [2.75, 3.05) is 30.9 Å². The van der Waals surface area contributed by atoms with Gasteiger partial charge in [-0.3, -0.25) is 0 Å². The zero-order chi connectivity index (χ0) is 13.1. The summed E-state index contributed by atoms with van der Waals surface area (Å²) in [5, 5.41) is 6.47. The topological polar surface area (TPSA) is 55.4 Å². The number of nitrogens with one attached hydrogen (secondary N) is 2. The number of hydrogen-bond donors (Lipinski definition) is 2. The molecule has 1 aliphatic heterocycles. The van der Waals surface area contributed by atoms with Crippen molar-refractivity contribution in [2.24, 2.45) is 0 Å². The number of nitrogens with zero attached hydrogens (tertiary/aromatic N) is 1. The minimum absolute atomic E-state index is 0.667. The van der Waals surface area contributed by atoms with Crippen molar-refractivity contribution in [2.45, 2.75) is 0 Å². The van der Waals surface area contributed by atoms with Gasteiger partial charge < -0.3 is 20.1 Å². The van der Waals surface area contributed by atoms with Crippen LogP contribution in [0.4, 0.5) is 17.2 Å². The third kappa shape index (κ3) is 2.54. The zero-order valence-corrected chi connectivity index (χ0v) is 10.6. The van der Waals surface area contributed by atoms with Gasteiger partial charge in [-0.05, 0) is 24.3 Å². The average Bonchev–Trinajstić information content (AvgIpc) is 2.48. The highest BCUT2D eigenvalue weighted by Gasteiger charge is 2.11. The van der Waals surface area contributed by atoms with Crippen LogP contribution < -0.4 is 20.1 Å². The Morgan fingerprint density at radius 1 is 1.26 bits per heavy atom. The average molecular weight is 257 g/mol. The van der Waals surface area contributed by atoms with Gasteiger partial charge in [0.15, 0.2) is 11.6 Å². The number of rotatable bonds is 3. The number of anilines is 3. The maximum Gasteiger partial charge on any atom is 0.169 e. The van der Waals surface area contributed by atoms with E-state index in [9.17, 15) is 0 Å². The molecule has 2 aromatic rings. The molecule has 0 radical (unpaired) electrons. The Balaban J connectivity index is 1.78. The molecule has 5 heteroatoms. The molecule has 1 aliphatic rings. The van der Waals surface area contributed by atoms with E-state index in [1.54, 1.807) is 13.3 Å². The van der Waals surface area contributed by atoms with Crippen molar-refractivity contribution in [3.63, 3.8) is 0 Å². The Morgan fingerprint density at radius 3 is 2.89 bits per heavy atom. The Kier molecular flexibility index (Phi) is 3.10. The smallest absolute Gasteiger partial charge is 0.169 e. The summed E-state index contributed by atoms with van der Waals surface area (Å²) in [4.78, 5) is 4.33. The molecule has 0 aliphatic carbocycles. The fourth-order valence-corrected chi connectivity index (χ4v) is 1.93. The zero-order valence-electron chi connectivity index (χ0n) is 10.6. The van der Waals surface area contributed by atoms with E-state index < -0.39 is 0 Å². The summed E-state index contributed by atoms with van der Waals surface area (Å²) in [6.07, 6.45) is 1.78. The SMILES string of the molecule is COc1ccc(Nc2cnc3c(c2)OCCN3)cc1. The summed E-state index contributed by atoms with van der Waals surface area (Å²) >= 11 is 0. The maximum atomic E-state index is 5.55. The molecule has 1 aromatic carbocycles. The predicted octanol–water partition coefficient (Wildman–Crippen LogP) is 2.64. The maximum absolute atomic E-state index is 5.55. The van der Waals surface area contributed by atoms with Crippen LogP contribution in [0.3, 0.4) is 0 Å². The molecule has 0 atom stereocenters. The number of hydrogen-bond acceptors (Lipinski definition) is 5. The first kappa shape index (κ1) is 11.6. The van der Waals surface area contributed by atoms with Crippen LogP contribution in [0, 0.1) is 0 Å². The van der Waals surface area contributed by atoms with Gasteiger partial charge in [-0.1, -0.05) is 0 Å². The molecule has 3 rings (SSSR count). The van der Waals surface area contributed by atoms with E-state index in [1.165, 1.54) is 0 Å². The van der Waals surface area contributed by atoms with Gasteiger partial charge in [0.05, 0.1) is 25.5 Å². The lowest BCUT2D eigenvalue weighted by Crippen LogP contribution is -2.19. The molecule has 0 fully saturated rings. The molecule has 0 bridgehead atoms. The van der Waals surface area contributed by atoms with E-state index in [0.29, 0.717) is 6.61 Å². The Bertz CT molecular complexity index is 569. The fourth-order valence-electron chi connectivity index (χ4n) is 1.93. The number of methoxy groups -OCH3 is 1.